The van der Waals surface area contributed by atoms with Crippen LogP contribution in [0, 0.1) is 3.57 Å². The van der Waals surface area contributed by atoms with E-state index in [1.54, 1.807) is 6.07 Å². The molecular weight excluding hydrogens is 375 g/mol. The highest BCUT2D eigenvalue weighted by atomic mass is 127. The Bertz CT molecular complexity index is 481. The van der Waals surface area contributed by atoms with Crippen molar-refractivity contribution in [2.24, 2.45) is 0 Å². The fourth-order valence-electron chi connectivity index (χ4n) is 2.49. The van der Waals surface area contributed by atoms with Crippen LogP contribution in [-0.2, 0) is 0 Å². The van der Waals surface area contributed by atoms with Gasteiger partial charge in [0, 0.05) is 27.7 Å². The summed E-state index contributed by atoms with van der Waals surface area (Å²) in [5, 5.41) is 0.614. The van der Waals surface area contributed by atoms with Crippen LogP contribution < -0.4 is 0 Å². The van der Waals surface area contributed by atoms with Crippen LogP contribution in [-0.4, -0.2) is 48.4 Å². The van der Waals surface area contributed by atoms with Gasteiger partial charge in [-0.25, -0.2) is 0 Å². The molecular formula is C14H18ClIN2O. The number of carbonyl (C=O) groups excluding carboxylic acids is 1. The fourth-order valence-corrected chi connectivity index (χ4v) is 3.23. The zero-order valence-electron chi connectivity index (χ0n) is 11.2. The summed E-state index contributed by atoms with van der Waals surface area (Å²) in [6.07, 6.45) is 1.02. The summed E-state index contributed by atoms with van der Waals surface area (Å²) in [7, 11) is 2.10. The van der Waals surface area contributed by atoms with E-state index in [0.717, 1.165) is 29.6 Å². The van der Waals surface area contributed by atoms with Crippen LogP contribution in [0.5, 0.6) is 0 Å². The lowest BCUT2D eigenvalue weighted by Gasteiger charge is -2.28. The molecule has 5 heteroatoms. The van der Waals surface area contributed by atoms with Crippen molar-refractivity contribution in [1.29, 1.82) is 0 Å². The maximum absolute atomic E-state index is 12.7. The number of hydrogen-bond donors (Lipinski definition) is 0. The molecule has 1 atom stereocenters. The summed E-state index contributed by atoms with van der Waals surface area (Å²) in [6, 6.07) is 5.71. The highest BCUT2D eigenvalue weighted by molar-refractivity contribution is 14.1. The second-order valence-electron chi connectivity index (χ2n) is 5.09. The summed E-state index contributed by atoms with van der Waals surface area (Å²) >= 11 is 8.20. The maximum atomic E-state index is 12.7. The maximum Gasteiger partial charge on any atom is 0.255 e. The van der Waals surface area contributed by atoms with E-state index < -0.39 is 0 Å². The molecule has 1 aromatic rings. The largest absolute Gasteiger partial charge is 0.335 e. The Kier molecular flexibility index (Phi) is 5.09. The van der Waals surface area contributed by atoms with Gasteiger partial charge in [-0.15, -0.1) is 0 Å². The van der Waals surface area contributed by atoms with Gasteiger partial charge in [0.2, 0.25) is 0 Å². The average molecular weight is 393 g/mol. The molecule has 1 unspecified atom stereocenters. The third-order valence-corrected chi connectivity index (χ3v) is 4.64. The molecule has 1 amide bonds. The first-order valence-corrected chi connectivity index (χ1v) is 7.89. The van der Waals surface area contributed by atoms with E-state index in [-0.39, 0.29) is 11.9 Å². The van der Waals surface area contributed by atoms with E-state index in [2.05, 4.69) is 41.5 Å². The molecule has 2 rings (SSSR count). The van der Waals surface area contributed by atoms with Crippen LogP contribution in [0.25, 0.3) is 0 Å². The Labute approximate surface area is 133 Å². The minimum Gasteiger partial charge on any atom is -0.335 e. The lowest BCUT2D eigenvalue weighted by Crippen LogP contribution is -2.42. The molecule has 1 aromatic carbocycles. The number of benzene rings is 1. The normalized spacial score (nSPS) is 21.3. The van der Waals surface area contributed by atoms with Gasteiger partial charge >= 0.3 is 0 Å². The van der Waals surface area contributed by atoms with E-state index in [4.69, 9.17) is 11.6 Å². The van der Waals surface area contributed by atoms with Crippen LogP contribution in [0.4, 0.5) is 0 Å². The van der Waals surface area contributed by atoms with Crippen molar-refractivity contribution < 1.29 is 4.79 Å². The minimum atomic E-state index is 0.0923. The Hall–Kier alpha value is -0.330. The van der Waals surface area contributed by atoms with Crippen molar-refractivity contribution in [2.45, 2.75) is 19.4 Å². The Balaban J connectivity index is 2.25. The van der Waals surface area contributed by atoms with E-state index in [1.807, 2.05) is 17.0 Å². The number of carbonyl (C=O) groups is 1. The Morgan fingerprint density at radius 1 is 1.42 bits per heavy atom. The summed E-state index contributed by atoms with van der Waals surface area (Å²) in [5.41, 5.74) is 0.713. The predicted octanol–water partition coefficient (Wildman–Crippen LogP) is 3.11. The number of likely N-dealkylation sites (N-methyl/N-ethyl adjacent to an activating group) is 1. The second-order valence-corrected chi connectivity index (χ2v) is 6.69. The average Bonchev–Trinajstić information content (AvgIpc) is 2.52. The van der Waals surface area contributed by atoms with Crippen LogP contribution in [0.15, 0.2) is 18.2 Å². The number of rotatable bonds is 1. The van der Waals surface area contributed by atoms with Gasteiger partial charge in [-0.2, -0.15) is 0 Å². The van der Waals surface area contributed by atoms with Crippen molar-refractivity contribution in [2.75, 3.05) is 26.7 Å². The van der Waals surface area contributed by atoms with Gasteiger partial charge in [-0.05, 0) is 67.7 Å². The second kappa shape index (κ2) is 6.41. The fraction of sp³-hybridized carbons (Fsp3) is 0.500. The van der Waals surface area contributed by atoms with E-state index in [0.29, 0.717) is 10.6 Å². The molecule has 0 saturated carbocycles. The van der Waals surface area contributed by atoms with Crippen molar-refractivity contribution >= 4 is 40.1 Å². The van der Waals surface area contributed by atoms with Gasteiger partial charge in [0.05, 0.1) is 5.56 Å². The Morgan fingerprint density at radius 3 is 2.89 bits per heavy atom. The first-order valence-electron chi connectivity index (χ1n) is 6.43. The molecule has 1 fully saturated rings. The van der Waals surface area contributed by atoms with Gasteiger partial charge in [0.1, 0.15) is 0 Å². The molecule has 0 bridgehead atoms. The van der Waals surface area contributed by atoms with Gasteiger partial charge in [0.25, 0.3) is 5.91 Å². The van der Waals surface area contributed by atoms with Crippen LogP contribution >= 0.6 is 34.2 Å². The van der Waals surface area contributed by atoms with E-state index in [9.17, 15) is 4.79 Å². The number of nitrogens with zero attached hydrogens (tertiary/aromatic N) is 2. The van der Waals surface area contributed by atoms with Gasteiger partial charge < -0.3 is 9.80 Å². The van der Waals surface area contributed by atoms with Crippen LogP contribution in [0.1, 0.15) is 23.7 Å². The monoisotopic (exact) mass is 392 g/mol. The highest BCUT2D eigenvalue weighted by Gasteiger charge is 2.26. The summed E-state index contributed by atoms with van der Waals surface area (Å²) in [4.78, 5) is 16.9. The number of hydrogen-bond acceptors (Lipinski definition) is 2. The lowest BCUT2D eigenvalue weighted by atomic mass is 10.1. The Morgan fingerprint density at radius 2 is 2.16 bits per heavy atom. The molecule has 0 N–H and O–H groups in total. The standard InChI is InChI=1S/C14H18ClIN2O/c1-10-9-17(2)6-3-7-18(10)14(19)12-8-11(15)4-5-13(12)16/h4-5,8,10H,3,6-7,9H2,1-2H3. The summed E-state index contributed by atoms with van der Waals surface area (Å²) in [5.74, 6) is 0.0923. The van der Waals surface area contributed by atoms with Gasteiger partial charge in [0.15, 0.2) is 0 Å². The molecule has 1 aliphatic rings. The molecule has 1 aliphatic heterocycles. The van der Waals surface area contributed by atoms with E-state index >= 15 is 0 Å². The smallest absolute Gasteiger partial charge is 0.255 e. The van der Waals surface area contributed by atoms with E-state index in [1.165, 1.54) is 0 Å². The first-order chi connectivity index (χ1) is 8.99. The quantitative estimate of drug-likeness (QED) is 0.686. The minimum absolute atomic E-state index is 0.0923. The zero-order chi connectivity index (χ0) is 14.0. The first kappa shape index (κ1) is 15.1. The lowest BCUT2D eigenvalue weighted by molar-refractivity contribution is 0.0695. The molecule has 1 saturated heterocycles. The predicted molar refractivity (Wildman–Crippen MR) is 86.8 cm³/mol. The molecule has 3 nitrogen and oxygen atoms in total. The molecule has 19 heavy (non-hydrogen) atoms. The van der Waals surface area contributed by atoms with Crippen molar-refractivity contribution in [1.82, 2.24) is 9.80 Å². The SMILES string of the molecule is CC1CN(C)CCCN1C(=O)c1cc(Cl)ccc1I. The molecule has 0 radical (unpaired) electrons. The summed E-state index contributed by atoms with van der Waals surface area (Å²) < 4.78 is 0.955. The van der Waals surface area contributed by atoms with Crippen molar-refractivity contribution in [3.8, 4) is 0 Å². The highest BCUT2D eigenvalue weighted by Crippen LogP contribution is 2.21. The van der Waals surface area contributed by atoms with Crippen LogP contribution in [0.2, 0.25) is 5.02 Å². The molecule has 0 spiro atoms. The molecule has 104 valence electrons. The molecule has 0 aromatic heterocycles. The molecule has 0 aliphatic carbocycles. The number of amides is 1. The molecule has 1 heterocycles. The van der Waals surface area contributed by atoms with Gasteiger partial charge in [-0.3, -0.25) is 4.79 Å². The van der Waals surface area contributed by atoms with Gasteiger partial charge in [-0.1, -0.05) is 11.6 Å². The third-order valence-electron chi connectivity index (χ3n) is 3.47. The zero-order valence-corrected chi connectivity index (χ0v) is 14.1. The summed E-state index contributed by atoms with van der Waals surface area (Å²) in [6.45, 7) is 4.88. The van der Waals surface area contributed by atoms with Crippen LogP contribution in [0.3, 0.4) is 0 Å². The topological polar surface area (TPSA) is 23.6 Å². The third kappa shape index (κ3) is 3.61. The van der Waals surface area contributed by atoms with Crippen molar-refractivity contribution in [3.05, 3.63) is 32.4 Å². The number of halogens is 2. The van der Waals surface area contributed by atoms with Crippen molar-refractivity contribution in [3.63, 3.8) is 0 Å².